The van der Waals surface area contributed by atoms with E-state index in [1.807, 2.05) is 0 Å². The molecule has 5 nitrogen and oxygen atoms in total. The van der Waals surface area contributed by atoms with Gasteiger partial charge >= 0.3 is 0 Å². The van der Waals surface area contributed by atoms with Gasteiger partial charge in [0, 0.05) is 12.1 Å². The minimum atomic E-state index is -3.99. The number of halogens is 2. The Kier molecular flexibility index (Phi) is 4.65. The van der Waals surface area contributed by atoms with Gasteiger partial charge in [0.25, 0.3) is 15.9 Å². The fraction of sp³-hybridized carbons (Fsp3) is 0.0714. The Bertz CT molecular complexity index is 838. The molecule has 0 atom stereocenters. The van der Waals surface area contributed by atoms with Crippen molar-refractivity contribution < 1.29 is 13.2 Å². The molecule has 1 amide bonds. The number of hydrogen-bond acceptors (Lipinski definition) is 3. The number of primary amides is 1. The molecule has 2 aromatic carbocycles. The van der Waals surface area contributed by atoms with Gasteiger partial charge in [-0.3, -0.25) is 9.10 Å². The smallest absolute Gasteiger partial charge is 0.265 e. The highest BCUT2D eigenvalue weighted by atomic mass is 35.5. The largest absolute Gasteiger partial charge is 0.366 e. The number of carbonyl (C=O) groups excluding carboxylic acids is 1. The van der Waals surface area contributed by atoms with Gasteiger partial charge in [-0.15, -0.1) is 0 Å². The normalized spacial score (nSPS) is 11.2. The minimum absolute atomic E-state index is 0.0350. The summed E-state index contributed by atoms with van der Waals surface area (Å²) in [6.45, 7) is 0. The first-order valence-electron chi connectivity index (χ1n) is 6.08. The zero-order valence-electron chi connectivity index (χ0n) is 11.5. The number of hydrogen-bond donors (Lipinski definition) is 1. The Morgan fingerprint density at radius 1 is 1.14 bits per heavy atom. The molecule has 0 fully saturated rings. The minimum Gasteiger partial charge on any atom is -0.366 e. The second kappa shape index (κ2) is 6.16. The maximum atomic E-state index is 12.7. The Hall–Kier alpha value is -1.76. The molecule has 0 aliphatic rings. The number of nitrogens with zero attached hydrogens (tertiary/aromatic N) is 1. The van der Waals surface area contributed by atoms with Crippen LogP contribution in [0.2, 0.25) is 10.0 Å². The van der Waals surface area contributed by atoms with Crippen LogP contribution in [0.3, 0.4) is 0 Å². The summed E-state index contributed by atoms with van der Waals surface area (Å²) in [6, 6.07) is 10.3. The van der Waals surface area contributed by atoms with Crippen LogP contribution in [0.25, 0.3) is 0 Å². The molecule has 0 aliphatic carbocycles. The SMILES string of the molecule is CN(c1ccccc1C(N)=O)S(=O)(=O)c1cc(Cl)ccc1Cl. The second-order valence-corrected chi connectivity index (χ2v) is 7.21. The molecule has 2 aromatic rings. The van der Waals surface area contributed by atoms with E-state index in [9.17, 15) is 13.2 Å². The van der Waals surface area contributed by atoms with E-state index in [0.717, 1.165) is 4.31 Å². The Balaban J connectivity index is 2.60. The molecule has 0 aromatic heterocycles. The highest BCUT2D eigenvalue weighted by molar-refractivity contribution is 7.93. The van der Waals surface area contributed by atoms with Gasteiger partial charge in [-0.05, 0) is 30.3 Å². The van der Waals surface area contributed by atoms with Gasteiger partial charge in [-0.25, -0.2) is 8.42 Å². The monoisotopic (exact) mass is 358 g/mol. The predicted octanol–water partition coefficient (Wildman–Crippen LogP) is 2.92. The number of rotatable bonds is 4. The average Bonchev–Trinajstić information content (AvgIpc) is 2.48. The third-order valence-corrected chi connectivity index (χ3v) is 5.53. The van der Waals surface area contributed by atoms with Crippen LogP contribution in [0.1, 0.15) is 10.4 Å². The van der Waals surface area contributed by atoms with Gasteiger partial charge in [-0.1, -0.05) is 35.3 Å². The molecule has 0 aliphatic heterocycles. The van der Waals surface area contributed by atoms with E-state index < -0.39 is 15.9 Å². The summed E-state index contributed by atoms with van der Waals surface area (Å²) in [4.78, 5) is 11.3. The van der Waals surface area contributed by atoms with Gasteiger partial charge in [0.15, 0.2) is 0 Å². The maximum absolute atomic E-state index is 12.7. The lowest BCUT2D eigenvalue weighted by Gasteiger charge is -2.22. The fourth-order valence-corrected chi connectivity index (χ4v) is 3.86. The topological polar surface area (TPSA) is 80.5 Å². The van der Waals surface area contributed by atoms with Crippen molar-refractivity contribution in [3.8, 4) is 0 Å². The summed E-state index contributed by atoms with van der Waals surface area (Å²) in [5.41, 5.74) is 5.53. The molecule has 0 saturated carbocycles. The van der Waals surface area contributed by atoms with Crippen LogP contribution < -0.4 is 10.0 Å². The van der Waals surface area contributed by atoms with E-state index in [1.54, 1.807) is 12.1 Å². The lowest BCUT2D eigenvalue weighted by atomic mass is 10.2. The van der Waals surface area contributed by atoms with Crippen LogP contribution in [0, 0.1) is 0 Å². The number of nitrogens with two attached hydrogens (primary N) is 1. The van der Waals surface area contributed by atoms with Crippen molar-refractivity contribution in [2.75, 3.05) is 11.4 Å². The molecule has 0 bridgehead atoms. The molecule has 2 N–H and O–H groups in total. The van der Waals surface area contributed by atoms with Gasteiger partial charge in [-0.2, -0.15) is 0 Å². The number of carbonyl (C=O) groups is 1. The van der Waals surface area contributed by atoms with E-state index in [-0.39, 0.29) is 26.2 Å². The number of anilines is 1. The second-order valence-electron chi connectivity index (χ2n) is 4.43. The van der Waals surface area contributed by atoms with Crippen LogP contribution in [0.15, 0.2) is 47.4 Å². The number of amides is 1. The molecular formula is C14H12Cl2N2O3S. The molecular weight excluding hydrogens is 347 g/mol. The van der Waals surface area contributed by atoms with Crippen molar-refractivity contribution in [3.63, 3.8) is 0 Å². The number of para-hydroxylation sites is 1. The molecule has 0 heterocycles. The van der Waals surface area contributed by atoms with Crippen LogP contribution >= 0.6 is 23.2 Å². The standard InChI is InChI=1S/C14H12Cl2N2O3S/c1-18(12-5-3-2-4-10(12)14(17)19)22(20,21)13-8-9(15)6-7-11(13)16/h2-8H,1H3,(H2,17,19). The van der Waals surface area contributed by atoms with Crippen LogP contribution in [-0.4, -0.2) is 21.4 Å². The summed E-state index contributed by atoms with van der Waals surface area (Å²) in [6.07, 6.45) is 0. The summed E-state index contributed by atoms with van der Waals surface area (Å²) in [5.74, 6) is -0.727. The Labute approximate surface area is 138 Å². The van der Waals surface area contributed by atoms with Crippen molar-refractivity contribution in [1.82, 2.24) is 0 Å². The first-order valence-corrected chi connectivity index (χ1v) is 8.27. The Morgan fingerprint density at radius 3 is 2.41 bits per heavy atom. The lowest BCUT2D eigenvalue weighted by molar-refractivity contribution is 0.100. The van der Waals surface area contributed by atoms with E-state index in [4.69, 9.17) is 28.9 Å². The van der Waals surface area contributed by atoms with Crippen molar-refractivity contribution in [3.05, 3.63) is 58.1 Å². The molecule has 0 spiro atoms. The molecule has 0 unspecified atom stereocenters. The molecule has 22 heavy (non-hydrogen) atoms. The van der Waals surface area contributed by atoms with Gasteiger partial charge in [0.2, 0.25) is 0 Å². The van der Waals surface area contributed by atoms with Crippen LogP contribution in [0.4, 0.5) is 5.69 Å². The Morgan fingerprint density at radius 2 is 1.77 bits per heavy atom. The molecule has 2 rings (SSSR count). The zero-order valence-corrected chi connectivity index (χ0v) is 13.8. The van der Waals surface area contributed by atoms with E-state index >= 15 is 0 Å². The van der Waals surface area contributed by atoms with Crippen LogP contribution in [0.5, 0.6) is 0 Å². The number of sulfonamides is 1. The fourth-order valence-electron chi connectivity index (χ4n) is 1.91. The highest BCUT2D eigenvalue weighted by Gasteiger charge is 2.26. The maximum Gasteiger partial charge on any atom is 0.265 e. The summed E-state index contributed by atoms with van der Waals surface area (Å²) < 4.78 is 26.4. The van der Waals surface area contributed by atoms with E-state index in [2.05, 4.69) is 0 Å². The first-order chi connectivity index (χ1) is 10.2. The molecule has 0 radical (unpaired) electrons. The van der Waals surface area contributed by atoms with Crippen molar-refractivity contribution >= 4 is 44.8 Å². The third kappa shape index (κ3) is 3.04. The average molecular weight is 359 g/mol. The third-order valence-electron chi connectivity index (χ3n) is 3.04. The lowest BCUT2D eigenvalue weighted by Crippen LogP contribution is -2.29. The summed E-state index contributed by atoms with van der Waals surface area (Å²) in [5, 5.41) is 0.271. The van der Waals surface area contributed by atoms with Crippen molar-refractivity contribution in [1.29, 1.82) is 0 Å². The van der Waals surface area contributed by atoms with Crippen molar-refractivity contribution in [2.24, 2.45) is 5.73 Å². The van der Waals surface area contributed by atoms with Crippen LogP contribution in [-0.2, 0) is 10.0 Å². The van der Waals surface area contributed by atoms with E-state index in [1.165, 1.54) is 37.4 Å². The highest BCUT2D eigenvalue weighted by Crippen LogP contribution is 2.31. The molecule has 116 valence electrons. The van der Waals surface area contributed by atoms with Gasteiger partial charge in [0.1, 0.15) is 4.90 Å². The molecule has 0 saturated heterocycles. The first kappa shape index (κ1) is 16.6. The quantitative estimate of drug-likeness (QED) is 0.912. The molecule has 8 heteroatoms. The summed E-state index contributed by atoms with van der Waals surface area (Å²) >= 11 is 11.8. The van der Waals surface area contributed by atoms with Crippen molar-refractivity contribution in [2.45, 2.75) is 4.90 Å². The zero-order chi connectivity index (χ0) is 16.5. The van der Waals surface area contributed by atoms with Gasteiger partial charge < -0.3 is 5.73 Å². The van der Waals surface area contributed by atoms with E-state index in [0.29, 0.717) is 0 Å². The predicted molar refractivity (Wildman–Crippen MR) is 87.0 cm³/mol. The van der Waals surface area contributed by atoms with Gasteiger partial charge in [0.05, 0.1) is 16.3 Å². The summed E-state index contributed by atoms with van der Waals surface area (Å²) in [7, 11) is -2.68. The number of benzene rings is 2.